The van der Waals surface area contributed by atoms with Gasteiger partial charge < -0.3 is 5.32 Å². The first-order valence-electron chi connectivity index (χ1n) is 3.65. The van der Waals surface area contributed by atoms with Gasteiger partial charge in [0.15, 0.2) is 0 Å². The monoisotopic (exact) mass is 153 g/mol. The van der Waals surface area contributed by atoms with E-state index in [1.807, 2.05) is 18.4 Å². The van der Waals surface area contributed by atoms with E-state index in [-0.39, 0.29) is 0 Å². The van der Waals surface area contributed by atoms with Crippen molar-refractivity contribution in [2.75, 3.05) is 7.05 Å². The van der Waals surface area contributed by atoms with Gasteiger partial charge in [0, 0.05) is 10.9 Å². The lowest BCUT2D eigenvalue weighted by Crippen LogP contribution is -2.12. The van der Waals surface area contributed by atoms with Crippen molar-refractivity contribution in [3.63, 3.8) is 0 Å². The molecule has 1 nitrogen and oxygen atoms in total. The largest absolute Gasteiger partial charge is 0.313 e. The summed E-state index contributed by atoms with van der Waals surface area (Å²) in [7, 11) is 2.04. The summed E-state index contributed by atoms with van der Waals surface area (Å²) in [6.45, 7) is 0. The van der Waals surface area contributed by atoms with Gasteiger partial charge in [-0.15, -0.1) is 11.3 Å². The number of hydrogen-bond acceptors (Lipinski definition) is 2. The van der Waals surface area contributed by atoms with Crippen LogP contribution in [0.25, 0.3) is 0 Å². The standard InChI is InChI=1S/C8H11NS/c1-9-7-2-3-8-6(7)4-5-10-8/h4-5,7,9H,2-3H2,1H3. The summed E-state index contributed by atoms with van der Waals surface area (Å²) >= 11 is 1.89. The van der Waals surface area contributed by atoms with Gasteiger partial charge in [-0.05, 0) is 36.9 Å². The molecule has 2 heteroatoms. The molecule has 1 atom stereocenters. The van der Waals surface area contributed by atoms with Crippen molar-refractivity contribution >= 4 is 11.3 Å². The molecule has 10 heavy (non-hydrogen) atoms. The zero-order valence-electron chi connectivity index (χ0n) is 6.05. The fraction of sp³-hybridized carbons (Fsp3) is 0.500. The lowest BCUT2D eigenvalue weighted by molar-refractivity contribution is 0.590. The van der Waals surface area contributed by atoms with Crippen molar-refractivity contribution in [2.24, 2.45) is 0 Å². The topological polar surface area (TPSA) is 12.0 Å². The molecular formula is C8H11NS. The molecule has 0 fully saturated rings. The SMILES string of the molecule is CNC1CCc2sccc21. The summed E-state index contributed by atoms with van der Waals surface area (Å²) in [6.07, 6.45) is 2.57. The fourth-order valence-electron chi connectivity index (χ4n) is 1.59. The molecule has 0 saturated carbocycles. The molecule has 0 aromatic carbocycles. The first-order valence-corrected chi connectivity index (χ1v) is 4.53. The van der Waals surface area contributed by atoms with Crippen LogP contribution in [0.3, 0.4) is 0 Å². The fourth-order valence-corrected chi connectivity index (χ4v) is 2.56. The maximum atomic E-state index is 3.31. The number of hydrogen-bond donors (Lipinski definition) is 1. The second-order valence-corrected chi connectivity index (χ2v) is 3.68. The normalized spacial score (nSPS) is 23.1. The summed E-state index contributed by atoms with van der Waals surface area (Å²) in [5, 5.41) is 5.50. The van der Waals surface area contributed by atoms with E-state index in [4.69, 9.17) is 0 Å². The number of fused-ring (bicyclic) bond motifs is 1. The van der Waals surface area contributed by atoms with Gasteiger partial charge in [0.25, 0.3) is 0 Å². The highest BCUT2D eigenvalue weighted by Gasteiger charge is 2.20. The Labute approximate surface area is 65.1 Å². The summed E-state index contributed by atoms with van der Waals surface area (Å²) in [6, 6.07) is 2.88. The van der Waals surface area contributed by atoms with Crippen LogP contribution >= 0.6 is 11.3 Å². The molecule has 1 aliphatic rings. The average molecular weight is 153 g/mol. The molecule has 0 spiro atoms. The van der Waals surface area contributed by atoms with E-state index in [2.05, 4.69) is 16.8 Å². The average Bonchev–Trinajstić information content (AvgIpc) is 2.44. The van der Waals surface area contributed by atoms with Crippen molar-refractivity contribution in [2.45, 2.75) is 18.9 Å². The maximum absolute atomic E-state index is 3.31. The van der Waals surface area contributed by atoms with Crippen LogP contribution in [0.1, 0.15) is 22.9 Å². The van der Waals surface area contributed by atoms with Gasteiger partial charge in [0.2, 0.25) is 0 Å². The van der Waals surface area contributed by atoms with Gasteiger partial charge in [0.1, 0.15) is 0 Å². The lowest BCUT2D eigenvalue weighted by Gasteiger charge is -2.06. The Hall–Kier alpha value is -0.340. The quantitative estimate of drug-likeness (QED) is 0.650. The summed E-state index contributed by atoms with van der Waals surface area (Å²) < 4.78 is 0. The molecule has 2 rings (SSSR count). The van der Waals surface area contributed by atoms with Gasteiger partial charge in [0.05, 0.1) is 0 Å². The number of thiophene rings is 1. The van der Waals surface area contributed by atoms with Gasteiger partial charge >= 0.3 is 0 Å². The van der Waals surface area contributed by atoms with E-state index < -0.39 is 0 Å². The van der Waals surface area contributed by atoms with Gasteiger partial charge in [-0.2, -0.15) is 0 Å². The number of rotatable bonds is 1. The third-order valence-corrected chi connectivity index (χ3v) is 3.16. The van der Waals surface area contributed by atoms with E-state index in [1.165, 1.54) is 18.4 Å². The molecule has 0 bridgehead atoms. The van der Waals surface area contributed by atoms with Crippen LogP contribution in [-0.4, -0.2) is 7.05 Å². The van der Waals surface area contributed by atoms with Crippen LogP contribution in [0.15, 0.2) is 11.4 Å². The molecule has 0 amide bonds. The Morgan fingerprint density at radius 1 is 1.70 bits per heavy atom. The summed E-state index contributed by atoms with van der Waals surface area (Å²) in [5.74, 6) is 0. The van der Waals surface area contributed by atoms with Crippen LogP contribution in [0.2, 0.25) is 0 Å². The highest BCUT2D eigenvalue weighted by atomic mass is 32.1. The predicted molar refractivity (Wildman–Crippen MR) is 44.4 cm³/mol. The van der Waals surface area contributed by atoms with Gasteiger partial charge in [-0.25, -0.2) is 0 Å². The Morgan fingerprint density at radius 3 is 3.40 bits per heavy atom. The molecule has 1 aliphatic carbocycles. The summed E-state index contributed by atoms with van der Waals surface area (Å²) in [5.41, 5.74) is 1.53. The zero-order valence-corrected chi connectivity index (χ0v) is 6.87. The number of aryl methyl sites for hydroxylation is 1. The zero-order chi connectivity index (χ0) is 6.97. The highest BCUT2D eigenvalue weighted by molar-refractivity contribution is 7.10. The molecule has 0 saturated heterocycles. The maximum Gasteiger partial charge on any atom is 0.0332 e. The van der Waals surface area contributed by atoms with Crippen LogP contribution in [-0.2, 0) is 6.42 Å². The Morgan fingerprint density at radius 2 is 2.60 bits per heavy atom. The van der Waals surface area contributed by atoms with Crippen LogP contribution in [0.5, 0.6) is 0 Å². The molecule has 1 unspecified atom stereocenters. The molecular weight excluding hydrogens is 142 g/mol. The second-order valence-electron chi connectivity index (χ2n) is 2.68. The van der Waals surface area contributed by atoms with Crippen molar-refractivity contribution in [3.8, 4) is 0 Å². The lowest BCUT2D eigenvalue weighted by atomic mass is 10.2. The second kappa shape index (κ2) is 2.36. The molecule has 0 radical (unpaired) electrons. The molecule has 54 valence electrons. The first kappa shape index (κ1) is 6.38. The smallest absolute Gasteiger partial charge is 0.0332 e. The van der Waals surface area contributed by atoms with E-state index in [1.54, 1.807) is 4.88 Å². The minimum atomic E-state index is 0.640. The van der Waals surface area contributed by atoms with Gasteiger partial charge in [-0.1, -0.05) is 0 Å². The van der Waals surface area contributed by atoms with Gasteiger partial charge in [-0.3, -0.25) is 0 Å². The van der Waals surface area contributed by atoms with Crippen molar-refractivity contribution < 1.29 is 0 Å². The number of nitrogens with one attached hydrogen (secondary N) is 1. The van der Waals surface area contributed by atoms with E-state index in [9.17, 15) is 0 Å². The Kier molecular flexibility index (Phi) is 1.51. The first-order chi connectivity index (χ1) is 4.92. The molecule has 1 N–H and O–H groups in total. The van der Waals surface area contributed by atoms with Crippen molar-refractivity contribution in [3.05, 3.63) is 21.9 Å². The Balaban J connectivity index is 2.34. The van der Waals surface area contributed by atoms with Crippen LogP contribution < -0.4 is 5.32 Å². The summed E-state index contributed by atoms with van der Waals surface area (Å²) in [4.78, 5) is 1.58. The highest BCUT2D eigenvalue weighted by Crippen LogP contribution is 2.34. The van der Waals surface area contributed by atoms with Crippen LogP contribution in [0, 0.1) is 0 Å². The van der Waals surface area contributed by atoms with Crippen molar-refractivity contribution in [1.82, 2.24) is 5.32 Å². The molecule has 0 aliphatic heterocycles. The minimum Gasteiger partial charge on any atom is -0.313 e. The predicted octanol–water partition coefficient (Wildman–Crippen LogP) is 1.95. The minimum absolute atomic E-state index is 0.640. The Bertz CT molecular complexity index is 229. The van der Waals surface area contributed by atoms with Crippen molar-refractivity contribution in [1.29, 1.82) is 0 Å². The molecule has 1 aromatic heterocycles. The van der Waals surface area contributed by atoms with E-state index in [0.717, 1.165) is 0 Å². The van der Waals surface area contributed by atoms with E-state index in [0.29, 0.717) is 6.04 Å². The van der Waals surface area contributed by atoms with Crippen LogP contribution in [0.4, 0.5) is 0 Å². The van der Waals surface area contributed by atoms with E-state index >= 15 is 0 Å². The third-order valence-electron chi connectivity index (χ3n) is 2.16. The molecule has 1 heterocycles. The molecule has 1 aromatic rings. The third kappa shape index (κ3) is 0.796.